The predicted octanol–water partition coefficient (Wildman–Crippen LogP) is -3.09. The first-order valence-electron chi connectivity index (χ1n) is 10.2. The van der Waals surface area contributed by atoms with Crippen molar-refractivity contribution in [2.75, 3.05) is 40.8 Å². The Kier molecular flexibility index (Phi) is 13.5. The summed E-state index contributed by atoms with van der Waals surface area (Å²) in [6, 6.07) is -3.01. The minimum absolute atomic E-state index is 0.0121. The fraction of sp³-hybridized carbons (Fsp3) is 0.632. The molecule has 0 radical (unpaired) electrons. The number of carbonyl (C=O) groups is 7. The molecule has 0 aromatic carbocycles. The van der Waals surface area contributed by atoms with E-state index in [1.165, 1.54) is 14.1 Å². The number of likely N-dealkylation sites (N-methyl/N-ethyl adjacent to an activating group) is 3. The van der Waals surface area contributed by atoms with Crippen LogP contribution in [0.15, 0.2) is 0 Å². The monoisotopic (exact) mass is 489 g/mol. The predicted molar refractivity (Wildman–Crippen MR) is 114 cm³/mol. The summed E-state index contributed by atoms with van der Waals surface area (Å²) in [5.41, 5.74) is 0. The van der Waals surface area contributed by atoms with Gasteiger partial charge in [-0.2, -0.15) is 0 Å². The van der Waals surface area contributed by atoms with Crippen LogP contribution in [0.4, 0.5) is 0 Å². The van der Waals surface area contributed by atoms with E-state index < -0.39 is 73.5 Å². The van der Waals surface area contributed by atoms with E-state index in [0.717, 1.165) is 9.80 Å². The fourth-order valence-electron chi connectivity index (χ4n) is 2.58. The molecular formula is C19H31N5O10. The Morgan fingerprint density at radius 2 is 1.24 bits per heavy atom. The second kappa shape index (κ2) is 15.2. The molecule has 6 N–H and O–H groups in total. The third-order valence-corrected chi connectivity index (χ3v) is 4.49. The molecule has 0 unspecified atom stereocenters. The van der Waals surface area contributed by atoms with Crippen molar-refractivity contribution in [1.29, 1.82) is 0 Å². The van der Waals surface area contributed by atoms with Gasteiger partial charge in [-0.15, -0.1) is 0 Å². The van der Waals surface area contributed by atoms with Crippen LogP contribution in [-0.4, -0.2) is 120 Å². The van der Waals surface area contributed by atoms with Crippen LogP contribution in [-0.2, 0) is 33.6 Å². The van der Waals surface area contributed by atoms with Gasteiger partial charge in [0.05, 0.1) is 19.6 Å². The first-order valence-corrected chi connectivity index (χ1v) is 10.2. The van der Waals surface area contributed by atoms with Gasteiger partial charge in [0, 0.05) is 26.9 Å². The van der Waals surface area contributed by atoms with Gasteiger partial charge in [-0.3, -0.25) is 28.8 Å². The maximum atomic E-state index is 12.5. The van der Waals surface area contributed by atoms with E-state index in [0.29, 0.717) is 0 Å². The van der Waals surface area contributed by atoms with Crippen molar-refractivity contribution in [3.63, 3.8) is 0 Å². The quantitative estimate of drug-likeness (QED) is 0.127. The Morgan fingerprint density at radius 3 is 1.71 bits per heavy atom. The molecule has 0 aliphatic carbocycles. The molecule has 15 nitrogen and oxygen atoms in total. The first kappa shape index (κ1) is 30.2. The normalized spacial score (nSPS) is 12.1. The number of carboxylic acids is 3. The van der Waals surface area contributed by atoms with E-state index in [1.54, 1.807) is 7.05 Å². The van der Waals surface area contributed by atoms with E-state index in [-0.39, 0.29) is 25.4 Å². The summed E-state index contributed by atoms with van der Waals surface area (Å²) in [5.74, 6) is -6.82. The van der Waals surface area contributed by atoms with Gasteiger partial charge in [-0.25, -0.2) is 4.79 Å². The summed E-state index contributed by atoms with van der Waals surface area (Å²) in [5, 5.41) is 33.8. The van der Waals surface area contributed by atoms with Crippen LogP contribution in [0.5, 0.6) is 0 Å². The molecule has 4 amide bonds. The van der Waals surface area contributed by atoms with Gasteiger partial charge < -0.3 is 41.1 Å². The number of nitrogens with one attached hydrogen (secondary N) is 3. The van der Waals surface area contributed by atoms with E-state index in [1.807, 2.05) is 0 Å². The molecule has 0 bridgehead atoms. The molecule has 0 aliphatic rings. The highest BCUT2D eigenvalue weighted by molar-refractivity contribution is 5.93. The molecule has 2 atom stereocenters. The number of aliphatic carboxylic acids is 3. The molecule has 0 aromatic rings. The summed E-state index contributed by atoms with van der Waals surface area (Å²) in [6.45, 7) is -0.819. The third kappa shape index (κ3) is 12.3. The molecule has 0 spiro atoms. The van der Waals surface area contributed by atoms with Crippen LogP contribution < -0.4 is 16.0 Å². The summed E-state index contributed by atoms with van der Waals surface area (Å²) >= 11 is 0. The van der Waals surface area contributed by atoms with Gasteiger partial charge >= 0.3 is 17.9 Å². The molecule has 34 heavy (non-hydrogen) atoms. The largest absolute Gasteiger partial charge is 0.481 e. The third-order valence-electron chi connectivity index (χ3n) is 4.49. The van der Waals surface area contributed by atoms with E-state index >= 15 is 0 Å². The molecular weight excluding hydrogens is 458 g/mol. The molecule has 0 rings (SSSR count). The maximum absolute atomic E-state index is 12.5. The minimum atomic E-state index is -1.57. The molecule has 0 aliphatic heterocycles. The molecule has 0 fully saturated rings. The number of amides is 4. The average Bonchev–Trinajstić information content (AvgIpc) is 2.73. The lowest BCUT2D eigenvalue weighted by Crippen LogP contribution is -2.53. The van der Waals surface area contributed by atoms with E-state index in [2.05, 4.69) is 16.0 Å². The van der Waals surface area contributed by atoms with Gasteiger partial charge in [-0.1, -0.05) is 0 Å². The van der Waals surface area contributed by atoms with Crippen LogP contribution in [0.2, 0.25) is 0 Å². The second-order valence-corrected chi connectivity index (χ2v) is 7.41. The molecule has 0 aromatic heterocycles. The van der Waals surface area contributed by atoms with Crippen LogP contribution in [0.25, 0.3) is 0 Å². The molecule has 192 valence electrons. The van der Waals surface area contributed by atoms with Gasteiger partial charge in [0.2, 0.25) is 23.6 Å². The lowest BCUT2D eigenvalue weighted by atomic mass is 10.1. The van der Waals surface area contributed by atoms with Crippen molar-refractivity contribution in [3.05, 3.63) is 0 Å². The van der Waals surface area contributed by atoms with E-state index in [9.17, 15) is 38.7 Å². The van der Waals surface area contributed by atoms with Crippen LogP contribution in [0, 0.1) is 0 Å². The Balaban J connectivity index is 5.13. The Hall–Kier alpha value is -3.75. The van der Waals surface area contributed by atoms with Crippen molar-refractivity contribution in [2.24, 2.45) is 0 Å². The maximum Gasteiger partial charge on any atom is 0.326 e. The number of rotatable bonds is 16. The Labute approximate surface area is 195 Å². The topological polar surface area (TPSA) is 223 Å². The van der Waals surface area contributed by atoms with Crippen LogP contribution >= 0.6 is 0 Å². The Bertz CT molecular complexity index is 787. The minimum Gasteiger partial charge on any atom is -0.481 e. The van der Waals surface area contributed by atoms with Crippen molar-refractivity contribution >= 4 is 41.5 Å². The lowest BCUT2D eigenvalue weighted by molar-refractivity contribution is -0.144. The molecule has 0 saturated heterocycles. The van der Waals surface area contributed by atoms with Gasteiger partial charge in [0.1, 0.15) is 12.1 Å². The smallest absolute Gasteiger partial charge is 0.326 e. The number of hydrogen-bond acceptors (Lipinski definition) is 8. The molecule has 0 heterocycles. The second-order valence-electron chi connectivity index (χ2n) is 7.41. The van der Waals surface area contributed by atoms with Crippen molar-refractivity contribution in [2.45, 2.75) is 37.8 Å². The SMILES string of the molecule is CNCC(=O)N(C)CC(=O)N(C)CC(=O)N[C@@H](CCC(=O)O)C(=O)N[C@@H](CCC(=O)O)C(=O)O. The standard InChI is InChI=1S/C19H31N5O10/c1-20-8-14(26)24(3)10-15(27)23(2)9-13(25)21-11(4-6-16(28)29)18(32)22-12(19(33)34)5-7-17(30)31/h11-12,20H,4-10H2,1-3H3,(H,21,25)(H,22,32)(H,28,29)(H,30,31)(H,33,34)/t11-,12-/m0/s1. The van der Waals surface area contributed by atoms with Crippen LogP contribution in [0.3, 0.4) is 0 Å². The summed E-state index contributed by atoms with van der Waals surface area (Å²) < 4.78 is 0. The number of carbonyl (C=O) groups excluding carboxylic acids is 4. The van der Waals surface area contributed by atoms with Crippen molar-refractivity contribution < 1.29 is 48.9 Å². The van der Waals surface area contributed by atoms with Crippen molar-refractivity contribution in [3.8, 4) is 0 Å². The first-order chi connectivity index (χ1) is 15.8. The fourth-order valence-corrected chi connectivity index (χ4v) is 2.58. The van der Waals surface area contributed by atoms with E-state index in [4.69, 9.17) is 10.2 Å². The van der Waals surface area contributed by atoms with Gasteiger partial charge in [0.25, 0.3) is 0 Å². The number of nitrogens with zero attached hydrogens (tertiary/aromatic N) is 2. The number of carboxylic acid groups (broad SMARTS) is 3. The highest BCUT2D eigenvalue weighted by Gasteiger charge is 2.28. The summed E-state index contributed by atoms with van der Waals surface area (Å²) in [7, 11) is 4.25. The zero-order chi connectivity index (χ0) is 26.4. The average molecular weight is 489 g/mol. The Morgan fingerprint density at radius 1 is 0.735 bits per heavy atom. The highest BCUT2D eigenvalue weighted by Crippen LogP contribution is 2.03. The zero-order valence-electron chi connectivity index (χ0n) is 19.2. The summed E-state index contributed by atoms with van der Waals surface area (Å²) in [6.07, 6.45) is -1.87. The number of hydrogen-bond donors (Lipinski definition) is 6. The van der Waals surface area contributed by atoms with Gasteiger partial charge in [-0.05, 0) is 19.9 Å². The van der Waals surface area contributed by atoms with Crippen LogP contribution in [0.1, 0.15) is 25.7 Å². The van der Waals surface area contributed by atoms with Gasteiger partial charge in [0.15, 0.2) is 0 Å². The van der Waals surface area contributed by atoms with Crippen molar-refractivity contribution in [1.82, 2.24) is 25.8 Å². The molecule has 0 saturated carbocycles. The highest BCUT2D eigenvalue weighted by atomic mass is 16.4. The molecule has 15 heteroatoms. The summed E-state index contributed by atoms with van der Waals surface area (Å²) in [4.78, 5) is 83.8. The zero-order valence-corrected chi connectivity index (χ0v) is 19.2. The lowest BCUT2D eigenvalue weighted by Gasteiger charge is -2.24.